The number of nitrogens with zero attached hydrogens (tertiary/aromatic N) is 2. The molecule has 0 radical (unpaired) electrons. The Morgan fingerprint density at radius 1 is 1.08 bits per heavy atom. The third kappa shape index (κ3) is 3.42. The van der Waals surface area contributed by atoms with Crippen molar-refractivity contribution < 1.29 is 17.6 Å². The van der Waals surface area contributed by atoms with E-state index in [2.05, 4.69) is 5.10 Å². The van der Waals surface area contributed by atoms with Crippen LogP contribution in [0.5, 0.6) is 0 Å². The number of hydrogen-bond donors (Lipinski definition) is 1. The summed E-state index contributed by atoms with van der Waals surface area (Å²) in [5, 5.41) is 11.6. The van der Waals surface area contributed by atoms with Crippen molar-refractivity contribution in [2.75, 3.05) is 0 Å². The Morgan fingerprint density at radius 3 is 2.24 bits per heavy atom. The number of hydrogen-bond acceptors (Lipinski definition) is 3. The summed E-state index contributed by atoms with van der Waals surface area (Å²) >= 11 is 12.7. The molecule has 10 heteroatoms. The zero-order chi connectivity index (χ0) is 18.4. The molecule has 0 unspecified atom stereocenters. The highest BCUT2D eigenvalue weighted by Crippen LogP contribution is 2.37. The maximum absolute atomic E-state index is 13.9. The van der Waals surface area contributed by atoms with E-state index in [9.17, 15) is 17.6 Å². The van der Waals surface area contributed by atoms with E-state index in [4.69, 9.17) is 28.6 Å². The Labute approximate surface area is 152 Å². The van der Waals surface area contributed by atoms with Crippen molar-refractivity contribution in [3.8, 4) is 16.3 Å². The smallest absolute Gasteiger partial charge is 0.273 e. The molecule has 0 fully saturated rings. The van der Waals surface area contributed by atoms with Gasteiger partial charge in [-0.25, -0.2) is 9.07 Å². The monoisotopic (exact) mass is 407 g/mol. The molecular weight excluding hydrogens is 401 g/mol. The van der Waals surface area contributed by atoms with Gasteiger partial charge < -0.3 is 0 Å². The van der Waals surface area contributed by atoms with Crippen LogP contribution in [0.15, 0.2) is 36.4 Å². The lowest BCUT2D eigenvalue weighted by molar-refractivity contribution is -0.137. The largest absolute Gasteiger partial charge is 0.416 e. The molecule has 0 saturated carbocycles. The van der Waals surface area contributed by atoms with E-state index in [0.717, 1.165) is 16.0 Å². The van der Waals surface area contributed by atoms with Gasteiger partial charge in [-0.15, -0.1) is 0 Å². The van der Waals surface area contributed by atoms with Crippen molar-refractivity contribution in [1.29, 1.82) is 5.41 Å². The molecule has 3 aromatic rings. The van der Waals surface area contributed by atoms with Gasteiger partial charge in [-0.05, 0) is 24.3 Å². The van der Waals surface area contributed by atoms with E-state index in [1.54, 1.807) is 6.07 Å². The van der Waals surface area contributed by atoms with E-state index in [-0.39, 0.29) is 31.1 Å². The summed E-state index contributed by atoms with van der Waals surface area (Å²) in [5.74, 6) is -0.534. The van der Waals surface area contributed by atoms with Gasteiger partial charge in [0.25, 0.3) is 0 Å². The van der Waals surface area contributed by atoms with Crippen LogP contribution in [0.25, 0.3) is 16.3 Å². The molecule has 0 atom stereocenters. The minimum Gasteiger partial charge on any atom is -0.273 e. The fraction of sp³-hybridized carbons (Fsp3) is 0.0667. The molecule has 2 aromatic carbocycles. The highest BCUT2D eigenvalue weighted by atomic mass is 35.5. The van der Waals surface area contributed by atoms with Crippen LogP contribution in [0.1, 0.15) is 5.56 Å². The maximum Gasteiger partial charge on any atom is 0.416 e. The molecule has 0 aliphatic rings. The van der Waals surface area contributed by atoms with Gasteiger partial charge in [0.15, 0.2) is 5.01 Å². The molecule has 3 rings (SSSR count). The van der Waals surface area contributed by atoms with Crippen molar-refractivity contribution >= 4 is 34.5 Å². The van der Waals surface area contributed by atoms with Gasteiger partial charge in [-0.2, -0.15) is 18.3 Å². The van der Waals surface area contributed by atoms with Crippen molar-refractivity contribution in [1.82, 2.24) is 9.78 Å². The number of aromatic nitrogens is 2. The molecular formula is C15H7Cl2F4N3S. The van der Waals surface area contributed by atoms with Gasteiger partial charge in [0.1, 0.15) is 11.5 Å². The molecule has 130 valence electrons. The van der Waals surface area contributed by atoms with Crippen molar-refractivity contribution in [2.24, 2.45) is 0 Å². The molecule has 1 heterocycles. The van der Waals surface area contributed by atoms with E-state index < -0.39 is 17.6 Å². The quantitative estimate of drug-likeness (QED) is 0.556. The van der Waals surface area contributed by atoms with Crippen LogP contribution in [-0.4, -0.2) is 9.78 Å². The van der Waals surface area contributed by atoms with Crippen molar-refractivity contribution in [3.05, 3.63) is 62.6 Å². The fourth-order valence-electron chi connectivity index (χ4n) is 2.12. The molecule has 1 aromatic heterocycles. The molecule has 0 spiro atoms. The third-order valence-electron chi connectivity index (χ3n) is 3.24. The summed E-state index contributed by atoms with van der Waals surface area (Å²) in [4.78, 5) is -0.165. The van der Waals surface area contributed by atoms with Crippen LogP contribution in [0, 0.1) is 11.2 Å². The lowest BCUT2D eigenvalue weighted by Crippen LogP contribution is -2.14. The number of benzene rings is 2. The molecule has 0 aliphatic carbocycles. The first-order valence-electron chi connectivity index (χ1n) is 6.65. The van der Waals surface area contributed by atoms with Crippen LogP contribution in [0.2, 0.25) is 10.0 Å². The molecule has 0 bridgehead atoms. The van der Waals surface area contributed by atoms with Crippen molar-refractivity contribution in [2.45, 2.75) is 6.18 Å². The van der Waals surface area contributed by atoms with Crippen LogP contribution in [0.4, 0.5) is 17.6 Å². The van der Waals surface area contributed by atoms with Gasteiger partial charge in [0.2, 0.25) is 4.80 Å². The zero-order valence-corrected chi connectivity index (χ0v) is 14.4. The Bertz CT molecular complexity index is 987. The lowest BCUT2D eigenvalue weighted by atomic mass is 10.2. The van der Waals surface area contributed by atoms with E-state index in [0.29, 0.717) is 12.1 Å². The zero-order valence-electron chi connectivity index (χ0n) is 12.0. The van der Waals surface area contributed by atoms with Crippen LogP contribution in [0.3, 0.4) is 0 Å². The highest BCUT2D eigenvalue weighted by Gasteiger charge is 2.32. The predicted molar refractivity (Wildman–Crippen MR) is 87.7 cm³/mol. The SMILES string of the molecule is N=c1sc(-c2ccccc2F)nn1-c1c(Cl)cc(C(F)(F)F)cc1Cl. The first kappa shape index (κ1) is 17.9. The molecule has 1 N–H and O–H groups in total. The molecule has 0 amide bonds. The molecule has 0 saturated heterocycles. The molecule has 0 aliphatic heterocycles. The second kappa shape index (κ2) is 6.44. The second-order valence-corrected chi connectivity index (χ2v) is 6.68. The number of alkyl halides is 3. The topological polar surface area (TPSA) is 41.7 Å². The standard InChI is InChI=1S/C15H7Cl2F4N3S/c16-9-5-7(15(19,20)21)6-10(17)12(9)24-14(22)25-13(23-24)8-3-1-2-4-11(8)18/h1-6,22H. The predicted octanol–water partition coefficient (Wildman–Crippen LogP) is 5.54. The van der Waals surface area contributed by atoms with Gasteiger partial charge in [0, 0.05) is 5.56 Å². The number of nitrogens with one attached hydrogen (secondary N) is 1. The Hall–Kier alpha value is -1.90. The molecule has 25 heavy (non-hydrogen) atoms. The van der Waals surface area contributed by atoms with E-state index in [1.165, 1.54) is 18.2 Å². The minimum atomic E-state index is -4.61. The Kier molecular flexibility index (Phi) is 4.61. The second-order valence-electron chi connectivity index (χ2n) is 4.89. The number of rotatable bonds is 2. The fourth-order valence-corrected chi connectivity index (χ4v) is 3.56. The van der Waals surface area contributed by atoms with Crippen molar-refractivity contribution in [3.63, 3.8) is 0 Å². The Balaban J connectivity index is 2.16. The van der Waals surface area contributed by atoms with Gasteiger partial charge in [0.05, 0.1) is 15.6 Å². The van der Waals surface area contributed by atoms with Gasteiger partial charge >= 0.3 is 6.18 Å². The third-order valence-corrected chi connectivity index (χ3v) is 4.67. The van der Waals surface area contributed by atoms with Crippen LogP contribution >= 0.6 is 34.5 Å². The summed E-state index contributed by atoms with van der Waals surface area (Å²) in [5.41, 5.74) is -0.915. The lowest BCUT2D eigenvalue weighted by Gasteiger charge is -2.12. The van der Waals surface area contributed by atoms with Crippen LogP contribution in [-0.2, 0) is 6.18 Å². The first-order chi connectivity index (χ1) is 11.7. The normalized spacial score (nSPS) is 11.8. The van der Waals surface area contributed by atoms with Crippen LogP contribution < -0.4 is 4.80 Å². The van der Waals surface area contributed by atoms with Gasteiger partial charge in [-0.3, -0.25) is 5.41 Å². The molecule has 3 nitrogen and oxygen atoms in total. The Morgan fingerprint density at radius 2 is 1.68 bits per heavy atom. The minimum absolute atomic E-state index is 0.0693. The van der Waals surface area contributed by atoms with E-state index >= 15 is 0 Å². The van der Waals surface area contributed by atoms with Gasteiger partial charge in [-0.1, -0.05) is 46.7 Å². The highest BCUT2D eigenvalue weighted by molar-refractivity contribution is 7.12. The van der Waals surface area contributed by atoms with E-state index in [1.807, 2.05) is 0 Å². The summed E-state index contributed by atoms with van der Waals surface area (Å²) in [7, 11) is 0. The first-order valence-corrected chi connectivity index (χ1v) is 8.22. The summed E-state index contributed by atoms with van der Waals surface area (Å²) in [6, 6.07) is 7.24. The summed E-state index contributed by atoms with van der Waals surface area (Å²) < 4.78 is 53.3. The maximum atomic E-state index is 13.9. The average molecular weight is 408 g/mol. The average Bonchev–Trinajstić information content (AvgIpc) is 2.87. The summed E-state index contributed by atoms with van der Waals surface area (Å²) in [6.07, 6.45) is -4.61. The summed E-state index contributed by atoms with van der Waals surface area (Å²) in [6.45, 7) is 0. The number of halogens is 6.